The SMILES string of the molecule is Cc1ccc(OCCNC(=O)Nc2cc(Br)ccc2C)cc1. The van der Waals surface area contributed by atoms with Crippen LogP contribution in [0.3, 0.4) is 0 Å². The predicted octanol–water partition coefficient (Wildman–Crippen LogP) is 4.27. The van der Waals surface area contributed by atoms with Gasteiger partial charge < -0.3 is 15.4 Å². The Morgan fingerprint density at radius 3 is 2.59 bits per heavy atom. The second kappa shape index (κ2) is 7.84. The van der Waals surface area contributed by atoms with Crippen LogP contribution in [0.15, 0.2) is 46.9 Å². The first-order valence-electron chi connectivity index (χ1n) is 7.05. The molecule has 0 unspecified atom stereocenters. The van der Waals surface area contributed by atoms with E-state index in [1.165, 1.54) is 5.56 Å². The zero-order valence-corrected chi connectivity index (χ0v) is 14.2. The van der Waals surface area contributed by atoms with Crippen molar-refractivity contribution in [3.63, 3.8) is 0 Å². The Hall–Kier alpha value is -2.01. The number of halogens is 1. The molecule has 0 heterocycles. The highest BCUT2D eigenvalue weighted by molar-refractivity contribution is 9.10. The molecule has 0 aliphatic rings. The summed E-state index contributed by atoms with van der Waals surface area (Å²) in [6.07, 6.45) is 0. The topological polar surface area (TPSA) is 50.4 Å². The largest absolute Gasteiger partial charge is 0.492 e. The minimum Gasteiger partial charge on any atom is -0.492 e. The van der Waals surface area contributed by atoms with Gasteiger partial charge >= 0.3 is 6.03 Å². The summed E-state index contributed by atoms with van der Waals surface area (Å²) in [6, 6.07) is 13.3. The van der Waals surface area contributed by atoms with Crippen LogP contribution in [0.2, 0.25) is 0 Å². The Morgan fingerprint density at radius 2 is 1.86 bits per heavy atom. The number of amides is 2. The molecule has 5 heteroatoms. The molecule has 0 saturated carbocycles. The van der Waals surface area contributed by atoms with Gasteiger partial charge in [0.25, 0.3) is 0 Å². The average Bonchev–Trinajstić information content (AvgIpc) is 2.49. The molecule has 0 bridgehead atoms. The second-order valence-electron chi connectivity index (χ2n) is 5.00. The number of carbonyl (C=O) groups is 1. The maximum absolute atomic E-state index is 11.8. The lowest BCUT2D eigenvalue weighted by molar-refractivity contribution is 0.247. The Morgan fingerprint density at radius 1 is 1.14 bits per heavy atom. The highest BCUT2D eigenvalue weighted by atomic mass is 79.9. The van der Waals surface area contributed by atoms with E-state index in [0.29, 0.717) is 13.2 Å². The van der Waals surface area contributed by atoms with Crippen LogP contribution in [0.4, 0.5) is 10.5 Å². The highest BCUT2D eigenvalue weighted by Gasteiger charge is 2.04. The Labute approximate surface area is 139 Å². The lowest BCUT2D eigenvalue weighted by Gasteiger charge is -2.11. The molecule has 116 valence electrons. The molecular formula is C17H19BrN2O2. The fourth-order valence-corrected chi connectivity index (χ4v) is 2.22. The monoisotopic (exact) mass is 362 g/mol. The molecule has 2 rings (SSSR count). The van der Waals surface area contributed by atoms with E-state index in [0.717, 1.165) is 21.5 Å². The van der Waals surface area contributed by atoms with Gasteiger partial charge in [0, 0.05) is 10.2 Å². The van der Waals surface area contributed by atoms with Gasteiger partial charge in [-0.05, 0) is 43.7 Å². The van der Waals surface area contributed by atoms with E-state index in [9.17, 15) is 4.79 Å². The number of anilines is 1. The second-order valence-corrected chi connectivity index (χ2v) is 5.92. The van der Waals surface area contributed by atoms with E-state index in [1.54, 1.807) is 0 Å². The highest BCUT2D eigenvalue weighted by Crippen LogP contribution is 2.20. The molecule has 2 amide bonds. The van der Waals surface area contributed by atoms with Crippen molar-refractivity contribution in [2.45, 2.75) is 13.8 Å². The van der Waals surface area contributed by atoms with Crippen molar-refractivity contribution in [2.75, 3.05) is 18.5 Å². The molecule has 0 atom stereocenters. The third-order valence-electron chi connectivity index (χ3n) is 3.13. The van der Waals surface area contributed by atoms with Gasteiger partial charge in [-0.25, -0.2) is 4.79 Å². The molecule has 0 aliphatic heterocycles. The molecule has 0 aliphatic carbocycles. The summed E-state index contributed by atoms with van der Waals surface area (Å²) in [6.45, 7) is 4.84. The molecule has 2 aromatic rings. The fraction of sp³-hybridized carbons (Fsp3) is 0.235. The number of hydrogen-bond acceptors (Lipinski definition) is 2. The number of aryl methyl sites for hydroxylation is 2. The summed E-state index contributed by atoms with van der Waals surface area (Å²) in [7, 11) is 0. The molecule has 0 fully saturated rings. The third kappa shape index (κ3) is 5.07. The first-order chi connectivity index (χ1) is 10.5. The first-order valence-corrected chi connectivity index (χ1v) is 7.84. The van der Waals surface area contributed by atoms with Crippen LogP contribution in [0.5, 0.6) is 5.75 Å². The van der Waals surface area contributed by atoms with Crippen LogP contribution < -0.4 is 15.4 Å². The number of hydrogen-bond donors (Lipinski definition) is 2. The van der Waals surface area contributed by atoms with E-state index >= 15 is 0 Å². The summed E-state index contributed by atoms with van der Waals surface area (Å²) in [4.78, 5) is 11.8. The van der Waals surface area contributed by atoms with Crippen LogP contribution in [0, 0.1) is 13.8 Å². The number of carbonyl (C=O) groups excluding carboxylic acids is 1. The van der Waals surface area contributed by atoms with Gasteiger partial charge in [0.2, 0.25) is 0 Å². The van der Waals surface area contributed by atoms with Gasteiger partial charge in [-0.3, -0.25) is 0 Å². The van der Waals surface area contributed by atoms with Crippen molar-refractivity contribution in [2.24, 2.45) is 0 Å². The zero-order valence-electron chi connectivity index (χ0n) is 12.7. The van der Waals surface area contributed by atoms with E-state index in [2.05, 4.69) is 26.6 Å². The Balaban J connectivity index is 1.74. The van der Waals surface area contributed by atoms with Crippen LogP contribution in [0.1, 0.15) is 11.1 Å². The zero-order chi connectivity index (χ0) is 15.9. The van der Waals surface area contributed by atoms with Crippen LogP contribution in [-0.4, -0.2) is 19.2 Å². The number of ether oxygens (including phenoxy) is 1. The van der Waals surface area contributed by atoms with Gasteiger partial charge in [-0.15, -0.1) is 0 Å². The summed E-state index contributed by atoms with van der Waals surface area (Å²) >= 11 is 3.39. The minimum absolute atomic E-state index is 0.242. The van der Waals surface area contributed by atoms with Crippen molar-refractivity contribution in [3.8, 4) is 5.75 Å². The molecule has 0 spiro atoms. The van der Waals surface area contributed by atoms with Crippen molar-refractivity contribution < 1.29 is 9.53 Å². The maximum atomic E-state index is 11.8. The third-order valence-corrected chi connectivity index (χ3v) is 3.62. The summed E-state index contributed by atoms with van der Waals surface area (Å²) in [5.74, 6) is 0.802. The Kier molecular flexibility index (Phi) is 5.83. The normalized spacial score (nSPS) is 10.1. The van der Waals surface area contributed by atoms with Gasteiger partial charge in [0.1, 0.15) is 12.4 Å². The lowest BCUT2D eigenvalue weighted by atomic mass is 10.2. The van der Waals surface area contributed by atoms with Gasteiger partial charge in [0.05, 0.1) is 6.54 Å². The quantitative estimate of drug-likeness (QED) is 0.780. The average molecular weight is 363 g/mol. The van der Waals surface area contributed by atoms with Crippen molar-refractivity contribution in [1.29, 1.82) is 0 Å². The van der Waals surface area contributed by atoms with E-state index in [-0.39, 0.29) is 6.03 Å². The van der Waals surface area contributed by atoms with Crippen LogP contribution in [-0.2, 0) is 0 Å². The van der Waals surface area contributed by atoms with Gasteiger partial charge in [-0.2, -0.15) is 0 Å². The van der Waals surface area contributed by atoms with E-state index < -0.39 is 0 Å². The van der Waals surface area contributed by atoms with Gasteiger partial charge in [-0.1, -0.05) is 39.7 Å². The number of rotatable bonds is 5. The summed E-state index contributed by atoms with van der Waals surface area (Å²) in [5.41, 5.74) is 2.98. The summed E-state index contributed by atoms with van der Waals surface area (Å²) < 4.78 is 6.48. The van der Waals surface area contributed by atoms with Gasteiger partial charge in [0.15, 0.2) is 0 Å². The number of urea groups is 1. The van der Waals surface area contributed by atoms with Crippen LogP contribution in [0.25, 0.3) is 0 Å². The Bertz CT molecular complexity index is 642. The number of nitrogens with one attached hydrogen (secondary N) is 2. The fourth-order valence-electron chi connectivity index (χ4n) is 1.86. The van der Waals surface area contributed by atoms with E-state index in [1.807, 2.05) is 56.3 Å². The molecule has 0 saturated heterocycles. The molecule has 0 radical (unpaired) electrons. The summed E-state index contributed by atoms with van der Waals surface area (Å²) in [5, 5.41) is 5.59. The number of benzene rings is 2. The molecule has 22 heavy (non-hydrogen) atoms. The van der Waals surface area contributed by atoms with E-state index in [4.69, 9.17) is 4.74 Å². The molecular weight excluding hydrogens is 344 g/mol. The molecule has 0 aromatic heterocycles. The standard InChI is InChI=1S/C17H19BrN2O2/c1-12-3-7-15(8-4-12)22-10-9-19-17(21)20-16-11-14(18)6-5-13(16)2/h3-8,11H,9-10H2,1-2H3,(H2,19,20,21). The maximum Gasteiger partial charge on any atom is 0.319 e. The smallest absolute Gasteiger partial charge is 0.319 e. The van der Waals surface area contributed by atoms with Crippen molar-refractivity contribution in [1.82, 2.24) is 5.32 Å². The van der Waals surface area contributed by atoms with Crippen LogP contribution >= 0.6 is 15.9 Å². The predicted molar refractivity (Wildman–Crippen MR) is 92.6 cm³/mol. The molecule has 4 nitrogen and oxygen atoms in total. The lowest BCUT2D eigenvalue weighted by Crippen LogP contribution is -2.32. The minimum atomic E-state index is -0.242. The molecule has 2 N–H and O–H groups in total. The first kappa shape index (κ1) is 16.4. The van der Waals surface area contributed by atoms with Crippen molar-refractivity contribution >= 4 is 27.6 Å². The van der Waals surface area contributed by atoms with Crippen molar-refractivity contribution in [3.05, 3.63) is 58.1 Å². The molecule has 2 aromatic carbocycles.